The second kappa shape index (κ2) is 6.77. The number of fused-ring (bicyclic) bond motifs is 2. The Hall–Kier alpha value is -3.61. The Kier molecular flexibility index (Phi) is 4.08. The molecule has 0 bridgehead atoms. The molecule has 144 valence electrons. The summed E-state index contributed by atoms with van der Waals surface area (Å²) in [6.07, 6.45) is 4.25. The second-order valence-electron chi connectivity index (χ2n) is 7.38. The molecule has 3 heterocycles. The monoisotopic (exact) mass is 385 g/mol. The molecule has 7 nitrogen and oxygen atoms in total. The Bertz CT molecular complexity index is 1230. The van der Waals surface area contributed by atoms with Gasteiger partial charge in [-0.3, -0.25) is 10.1 Å². The summed E-state index contributed by atoms with van der Waals surface area (Å²) in [5, 5.41) is 4.11. The number of anilines is 2. The Morgan fingerprint density at radius 3 is 2.79 bits per heavy atom. The number of nitrogens with one attached hydrogen (secondary N) is 1. The summed E-state index contributed by atoms with van der Waals surface area (Å²) in [5.74, 6) is 1.65. The summed E-state index contributed by atoms with van der Waals surface area (Å²) in [5.41, 5.74) is 4.19. The van der Waals surface area contributed by atoms with E-state index < -0.39 is 0 Å². The zero-order chi connectivity index (χ0) is 20.0. The third-order valence-corrected chi connectivity index (χ3v) is 5.25. The average molecular weight is 385 g/mol. The summed E-state index contributed by atoms with van der Waals surface area (Å²) < 4.78 is 5.49. The van der Waals surface area contributed by atoms with Gasteiger partial charge in [-0.05, 0) is 38.1 Å². The maximum atomic E-state index is 12.5. The zero-order valence-electron chi connectivity index (χ0n) is 16.1. The van der Waals surface area contributed by atoms with E-state index in [0.29, 0.717) is 36.0 Å². The number of nitrogens with zero attached hydrogens (tertiary/aromatic N) is 4. The first-order valence-electron chi connectivity index (χ1n) is 9.51. The lowest BCUT2D eigenvalue weighted by molar-refractivity contribution is 0.0958. The fraction of sp³-hybridized carbons (Fsp3) is 0.227. The lowest BCUT2D eigenvalue weighted by atomic mass is 9.85. The molecule has 0 radical (unpaired) electrons. The Labute approximate surface area is 167 Å². The minimum Gasteiger partial charge on any atom is -0.469 e. The van der Waals surface area contributed by atoms with Gasteiger partial charge in [0.25, 0.3) is 0 Å². The quantitative estimate of drug-likeness (QED) is 0.562. The highest BCUT2D eigenvalue weighted by Gasteiger charge is 2.29. The van der Waals surface area contributed by atoms with Gasteiger partial charge in [0, 0.05) is 30.3 Å². The highest BCUT2D eigenvalue weighted by molar-refractivity contribution is 5.98. The van der Waals surface area contributed by atoms with Crippen LogP contribution in [-0.2, 0) is 6.42 Å². The highest BCUT2D eigenvalue weighted by atomic mass is 16.3. The van der Waals surface area contributed by atoms with E-state index in [0.717, 1.165) is 22.4 Å². The number of benzene rings is 1. The van der Waals surface area contributed by atoms with Gasteiger partial charge in [-0.2, -0.15) is 0 Å². The van der Waals surface area contributed by atoms with E-state index in [9.17, 15) is 4.79 Å². The first-order chi connectivity index (χ1) is 14.1. The minimum atomic E-state index is -0.00449. The number of Topliss-reactive ketones (excluding diaryl/α,β-unsaturated/α-hetero) is 1. The van der Waals surface area contributed by atoms with Crippen LogP contribution in [0.5, 0.6) is 0 Å². The number of furan rings is 1. The zero-order valence-corrected chi connectivity index (χ0v) is 16.1. The highest BCUT2D eigenvalue weighted by Crippen LogP contribution is 2.32. The van der Waals surface area contributed by atoms with Crippen LogP contribution < -0.4 is 5.32 Å². The van der Waals surface area contributed by atoms with E-state index in [1.165, 1.54) is 5.56 Å². The third kappa shape index (κ3) is 3.24. The molecule has 0 saturated carbocycles. The number of hydrogen-bond acceptors (Lipinski definition) is 7. The lowest BCUT2D eigenvalue weighted by Crippen LogP contribution is -2.21. The molecule has 29 heavy (non-hydrogen) atoms. The fourth-order valence-electron chi connectivity index (χ4n) is 3.78. The van der Waals surface area contributed by atoms with Gasteiger partial charge < -0.3 is 4.42 Å². The molecule has 5 rings (SSSR count). The summed E-state index contributed by atoms with van der Waals surface area (Å²) >= 11 is 0. The van der Waals surface area contributed by atoms with Crippen LogP contribution in [0.3, 0.4) is 0 Å². The van der Waals surface area contributed by atoms with E-state index in [1.54, 1.807) is 12.5 Å². The van der Waals surface area contributed by atoms with Gasteiger partial charge in [-0.25, -0.2) is 19.9 Å². The predicted octanol–water partition coefficient (Wildman–Crippen LogP) is 4.29. The summed E-state index contributed by atoms with van der Waals surface area (Å²) in [7, 11) is 0. The van der Waals surface area contributed by atoms with Crippen LogP contribution >= 0.6 is 0 Å². The Morgan fingerprint density at radius 2 is 1.97 bits per heavy atom. The molecular weight excluding hydrogens is 366 g/mol. The normalized spacial score (nSPS) is 16.1. The molecule has 4 aromatic rings. The van der Waals surface area contributed by atoms with Crippen LogP contribution in [0.1, 0.15) is 45.4 Å². The van der Waals surface area contributed by atoms with Crippen molar-refractivity contribution in [2.24, 2.45) is 0 Å². The van der Waals surface area contributed by atoms with Crippen molar-refractivity contribution >= 4 is 28.6 Å². The Balaban J connectivity index is 1.46. The van der Waals surface area contributed by atoms with Gasteiger partial charge in [0.2, 0.25) is 11.9 Å². The van der Waals surface area contributed by atoms with E-state index >= 15 is 0 Å². The molecule has 0 amide bonds. The molecule has 0 spiro atoms. The average Bonchev–Trinajstić information content (AvgIpc) is 3.23. The van der Waals surface area contributed by atoms with Gasteiger partial charge in [0.1, 0.15) is 5.76 Å². The van der Waals surface area contributed by atoms with Crippen molar-refractivity contribution in [3.05, 3.63) is 71.1 Å². The van der Waals surface area contributed by atoms with Crippen molar-refractivity contribution in [1.29, 1.82) is 0 Å². The first kappa shape index (κ1) is 17.5. The van der Waals surface area contributed by atoms with Gasteiger partial charge in [0.05, 0.1) is 28.7 Å². The minimum absolute atomic E-state index is 0.00449. The number of aromatic nitrogens is 4. The van der Waals surface area contributed by atoms with E-state index in [2.05, 4.69) is 31.3 Å². The summed E-state index contributed by atoms with van der Waals surface area (Å²) in [4.78, 5) is 30.5. The SMILES string of the molecule is Cc1ccc2nc(Nc3ncc4c(n3)C[C@@H](c3ccco3)CC4=O)nc(C)c2c1. The maximum Gasteiger partial charge on any atom is 0.230 e. The van der Waals surface area contributed by atoms with Crippen molar-refractivity contribution in [2.45, 2.75) is 32.6 Å². The van der Waals surface area contributed by atoms with Crippen LogP contribution in [-0.4, -0.2) is 25.7 Å². The molecule has 1 N–H and O–H groups in total. The number of hydrogen-bond donors (Lipinski definition) is 1. The van der Waals surface area contributed by atoms with Gasteiger partial charge in [0.15, 0.2) is 5.78 Å². The van der Waals surface area contributed by atoms with Crippen molar-refractivity contribution < 1.29 is 9.21 Å². The summed E-state index contributed by atoms with van der Waals surface area (Å²) in [6.45, 7) is 4.00. The molecule has 1 aromatic carbocycles. The van der Waals surface area contributed by atoms with Crippen molar-refractivity contribution in [3.8, 4) is 0 Å². The summed E-state index contributed by atoms with van der Waals surface area (Å²) in [6, 6.07) is 9.81. The molecule has 0 unspecified atom stereocenters. The van der Waals surface area contributed by atoms with Gasteiger partial charge in [-0.1, -0.05) is 11.6 Å². The smallest absolute Gasteiger partial charge is 0.230 e. The molecule has 1 aliphatic rings. The number of ketones is 1. The molecule has 1 atom stereocenters. The standard InChI is InChI=1S/C22H19N5O2/c1-12-5-6-17-15(8-12)13(2)24-22(25-17)27-21-23-11-16-18(26-21)9-14(10-19(16)28)20-4-3-7-29-20/h3-8,11,14H,9-10H2,1-2H3,(H,23,24,25,26,27)/t14-/m1/s1. The number of carbonyl (C=O) groups is 1. The van der Waals surface area contributed by atoms with E-state index in [-0.39, 0.29) is 11.7 Å². The van der Waals surface area contributed by atoms with Gasteiger partial charge in [-0.15, -0.1) is 0 Å². The number of aryl methyl sites for hydroxylation is 2. The molecule has 0 fully saturated rings. The predicted molar refractivity (Wildman–Crippen MR) is 108 cm³/mol. The largest absolute Gasteiger partial charge is 0.469 e. The van der Waals surface area contributed by atoms with Crippen LogP contribution in [0.2, 0.25) is 0 Å². The van der Waals surface area contributed by atoms with E-state index in [1.807, 2.05) is 38.1 Å². The fourth-order valence-corrected chi connectivity index (χ4v) is 3.78. The number of carbonyl (C=O) groups excluding carboxylic acids is 1. The van der Waals surface area contributed by atoms with Crippen LogP contribution in [0.15, 0.2) is 47.2 Å². The van der Waals surface area contributed by atoms with Crippen LogP contribution in [0, 0.1) is 13.8 Å². The molecule has 1 aliphatic carbocycles. The second-order valence-corrected chi connectivity index (χ2v) is 7.38. The molecule has 3 aromatic heterocycles. The molecular formula is C22H19N5O2. The maximum absolute atomic E-state index is 12.5. The topological polar surface area (TPSA) is 93.8 Å². The number of rotatable bonds is 3. The Morgan fingerprint density at radius 1 is 1.07 bits per heavy atom. The third-order valence-electron chi connectivity index (χ3n) is 5.25. The van der Waals surface area contributed by atoms with Crippen LogP contribution in [0.4, 0.5) is 11.9 Å². The molecule has 7 heteroatoms. The van der Waals surface area contributed by atoms with E-state index in [4.69, 9.17) is 4.42 Å². The van der Waals surface area contributed by atoms with Crippen molar-refractivity contribution in [2.75, 3.05) is 5.32 Å². The molecule has 0 saturated heterocycles. The van der Waals surface area contributed by atoms with Crippen molar-refractivity contribution in [1.82, 2.24) is 19.9 Å². The van der Waals surface area contributed by atoms with Crippen LogP contribution in [0.25, 0.3) is 10.9 Å². The van der Waals surface area contributed by atoms with Gasteiger partial charge >= 0.3 is 0 Å². The first-order valence-corrected chi connectivity index (χ1v) is 9.51. The molecule has 0 aliphatic heterocycles. The lowest BCUT2D eigenvalue weighted by Gasteiger charge is -2.21. The van der Waals surface area contributed by atoms with Crippen molar-refractivity contribution in [3.63, 3.8) is 0 Å².